The summed E-state index contributed by atoms with van der Waals surface area (Å²) in [6.07, 6.45) is 11.7. The van der Waals surface area contributed by atoms with Crippen LogP contribution in [0.15, 0.2) is 43.0 Å². The number of fused-ring (bicyclic) bond motifs is 1. The Morgan fingerprint density at radius 1 is 1.10 bits per heavy atom. The molecule has 1 aliphatic carbocycles. The van der Waals surface area contributed by atoms with Crippen molar-refractivity contribution in [3.8, 4) is 17.1 Å². The number of pyridine rings is 2. The molecular weight excluding hydrogens is 390 g/mol. The van der Waals surface area contributed by atoms with Gasteiger partial charge in [0.1, 0.15) is 17.6 Å². The summed E-state index contributed by atoms with van der Waals surface area (Å²) in [4.78, 5) is 8.87. The lowest BCUT2D eigenvalue weighted by atomic mass is 9.93. The fraction of sp³-hybridized carbons (Fsp3) is 0.391. The third-order valence-electron chi connectivity index (χ3n) is 5.99. The third kappa shape index (κ3) is 3.85. The van der Waals surface area contributed by atoms with Gasteiger partial charge in [0.15, 0.2) is 0 Å². The van der Waals surface area contributed by atoms with E-state index in [2.05, 4.69) is 38.1 Å². The number of aromatic nitrogens is 6. The van der Waals surface area contributed by atoms with Crippen molar-refractivity contribution >= 4 is 16.7 Å². The molecule has 0 atom stereocenters. The summed E-state index contributed by atoms with van der Waals surface area (Å²) in [5.74, 6) is 1.56. The minimum absolute atomic E-state index is 0.194. The predicted octanol–water partition coefficient (Wildman–Crippen LogP) is 4.14. The first-order valence-electron chi connectivity index (χ1n) is 10.7. The second kappa shape index (κ2) is 8.02. The van der Waals surface area contributed by atoms with Gasteiger partial charge in [0, 0.05) is 55.8 Å². The van der Waals surface area contributed by atoms with Crippen molar-refractivity contribution in [3.05, 3.63) is 48.5 Å². The summed E-state index contributed by atoms with van der Waals surface area (Å²) in [5, 5.41) is 13.6. The second-order valence-corrected chi connectivity index (χ2v) is 8.25. The number of hydrogen-bond donors (Lipinski definition) is 1. The Morgan fingerprint density at radius 3 is 2.65 bits per heavy atom. The molecule has 1 saturated carbocycles. The van der Waals surface area contributed by atoms with E-state index in [4.69, 9.17) is 9.84 Å². The standard InChI is InChI=1S/C23H27N7O/c1-15-8-9-25-22(10-15)31-18-6-4-17(5-7-18)30-20-11-21(24-2)26-13-19(20)23(28-30)16-12-27-29(3)14-16/h8-14,17-18H,4-7H2,1-3H3,(H,24,26). The molecule has 0 saturated heterocycles. The minimum Gasteiger partial charge on any atom is -0.474 e. The minimum atomic E-state index is 0.194. The molecule has 0 unspecified atom stereocenters. The van der Waals surface area contributed by atoms with Crippen molar-refractivity contribution in [2.24, 2.45) is 7.05 Å². The van der Waals surface area contributed by atoms with Crippen LogP contribution in [0.3, 0.4) is 0 Å². The molecule has 31 heavy (non-hydrogen) atoms. The van der Waals surface area contributed by atoms with Gasteiger partial charge in [0.2, 0.25) is 5.88 Å². The van der Waals surface area contributed by atoms with Crippen LogP contribution < -0.4 is 10.1 Å². The van der Waals surface area contributed by atoms with Crippen LogP contribution in [-0.4, -0.2) is 42.7 Å². The maximum absolute atomic E-state index is 6.15. The zero-order valence-corrected chi connectivity index (χ0v) is 18.1. The number of nitrogens with zero attached hydrogens (tertiary/aromatic N) is 6. The maximum atomic E-state index is 6.15. The van der Waals surface area contributed by atoms with E-state index in [1.807, 2.05) is 44.8 Å². The molecule has 0 aromatic carbocycles. The molecule has 4 aromatic heterocycles. The highest BCUT2D eigenvalue weighted by atomic mass is 16.5. The quantitative estimate of drug-likeness (QED) is 0.525. The van der Waals surface area contributed by atoms with E-state index < -0.39 is 0 Å². The van der Waals surface area contributed by atoms with Crippen LogP contribution in [0.25, 0.3) is 22.2 Å². The fourth-order valence-corrected chi connectivity index (χ4v) is 4.36. The molecule has 0 aliphatic heterocycles. The lowest BCUT2D eigenvalue weighted by molar-refractivity contribution is 0.126. The van der Waals surface area contributed by atoms with E-state index in [1.165, 1.54) is 5.56 Å². The summed E-state index contributed by atoms with van der Waals surface area (Å²) in [6, 6.07) is 6.40. The van der Waals surface area contributed by atoms with Crippen LogP contribution >= 0.6 is 0 Å². The van der Waals surface area contributed by atoms with Crippen LogP contribution in [0, 0.1) is 6.92 Å². The molecule has 4 heterocycles. The SMILES string of the molecule is CNc1cc2c(cn1)c(-c1cnn(C)c1)nn2C1CCC(Oc2cc(C)ccn2)CC1. The molecule has 1 N–H and O–H groups in total. The highest BCUT2D eigenvalue weighted by Crippen LogP contribution is 2.36. The molecule has 8 nitrogen and oxygen atoms in total. The van der Waals surface area contributed by atoms with E-state index in [-0.39, 0.29) is 6.10 Å². The largest absolute Gasteiger partial charge is 0.474 e. The summed E-state index contributed by atoms with van der Waals surface area (Å²) in [7, 11) is 3.81. The molecule has 5 rings (SSSR count). The summed E-state index contributed by atoms with van der Waals surface area (Å²) < 4.78 is 10.1. The molecule has 0 spiro atoms. The zero-order chi connectivity index (χ0) is 21.4. The van der Waals surface area contributed by atoms with E-state index in [0.717, 1.165) is 59.5 Å². The fourth-order valence-electron chi connectivity index (χ4n) is 4.36. The van der Waals surface area contributed by atoms with E-state index in [1.54, 1.807) is 10.9 Å². The number of rotatable bonds is 5. The highest BCUT2D eigenvalue weighted by molar-refractivity contribution is 5.93. The van der Waals surface area contributed by atoms with Crippen molar-refractivity contribution in [2.45, 2.75) is 44.8 Å². The highest BCUT2D eigenvalue weighted by Gasteiger charge is 2.27. The van der Waals surface area contributed by atoms with Gasteiger partial charge in [-0.2, -0.15) is 10.2 Å². The number of nitrogens with one attached hydrogen (secondary N) is 1. The first kappa shape index (κ1) is 19.5. The van der Waals surface area contributed by atoms with Crippen LogP contribution in [0.2, 0.25) is 0 Å². The molecule has 1 fully saturated rings. The Labute approximate surface area is 181 Å². The maximum Gasteiger partial charge on any atom is 0.213 e. The molecule has 4 aromatic rings. The van der Waals surface area contributed by atoms with E-state index in [9.17, 15) is 0 Å². The van der Waals surface area contributed by atoms with E-state index in [0.29, 0.717) is 6.04 Å². The van der Waals surface area contributed by atoms with Crippen molar-refractivity contribution in [3.63, 3.8) is 0 Å². The van der Waals surface area contributed by atoms with Crippen molar-refractivity contribution in [1.82, 2.24) is 29.5 Å². The smallest absolute Gasteiger partial charge is 0.213 e. The summed E-state index contributed by atoms with van der Waals surface area (Å²) >= 11 is 0. The Morgan fingerprint density at radius 2 is 1.94 bits per heavy atom. The van der Waals surface area contributed by atoms with Crippen LogP contribution in [0.5, 0.6) is 5.88 Å². The van der Waals surface area contributed by atoms with E-state index >= 15 is 0 Å². The van der Waals surface area contributed by atoms with Gasteiger partial charge in [-0.1, -0.05) is 0 Å². The van der Waals surface area contributed by atoms with Crippen LogP contribution in [0.4, 0.5) is 5.82 Å². The Bertz CT molecular complexity index is 1200. The van der Waals surface area contributed by atoms with Gasteiger partial charge in [-0.05, 0) is 44.2 Å². The Balaban J connectivity index is 1.41. The first-order valence-corrected chi connectivity index (χ1v) is 10.7. The average Bonchev–Trinajstić information content (AvgIpc) is 3.37. The zero-order valence-electron chi connectivity index (χ0n) is 18.1. The monoisotopic (exact) mass is 417 g/mol. The summed E-state index contributed by atoms with van der Waals surface area (Å²) in [5.41, 5.74) is 4.20. The van der Waals surface area contributed by atoms with Gasteiger partial charge in [0.25, 0.3) is 0 Å². The van der Waals surface area contributed by atoms with Crippen LogP contribution in [-0.2, 0) is 7.05 Å². The Kier molecular flexibility index (Phi) is 5.05. The lowest BCUT2D eigenvalue weighted by Crippen LogP contribution is -2.26. The van der Waals surface area contributed by atoms with Gasteiger partial charge in [-0.3, -0.25) is 9.36 Å². The van der Waals surface area contributed by atoms with Gasteiger partial charge >= 0.3 is 0 Å². The average molecular weight is 418 g/mol. The number of hydrogen-bond acceptors (Lipinski definition) is 6. The Hall–Kier alpha value is -3.42. The summed E-state index contributed by atoms with van der Waals surface area (Å²) in [6.45, 7) is 2.06. The molecule has 0 bridgehead atoms. The lowest BCUT2D eigenvalue weighted by Gasteiger charge is -2.29. The van der Waals surface area contributed by atoms with Gasteiger partial charge < -0.3 is 10.1 Å². The van der Waals surface area contributed by atoms with Crippen LogP contribution in [0.1, 0.15) is 37.3 Å². The predicted molar refractivity (Wildman–Crippen MR) is 120 cm³/mol. The number of aryl methyl sites for hydroxylation is 2. The molecule has 160 valence electrons. The third-order valence-corrected chi connectivity index (χ3v) is 5.99. The molecule has 0 radical (unpaired) electrons. The topological polar surface area (TPSA) is 82.7 Å². The molecule has 8 heteroatoms. The normalized spacial score (nSPS) is 18.9. The van der Waals surface area contributed by atoms with Crippen molar-refractivity contribution < 1.29 is 4.74 Å². The van der Waals surface area contributed by atoms with Gasteiger partial charge in [-0.25, -0.2) is 9.97 Å². The first-order chi connectivity index (χ1) is 15.1. The molecule has 1 aliphatic rings. The van der Waals surface area contributed by atoms with Gasteiger partial charge in [-0.15, -0.1) is 0 Å². The van der Waals surface area contributed by atoms with Crippen molar-refractivity contribution in [2.75, 3.05) is 12.4 Å². The number of ether oxygens (including phenoxy) is 1. The van der Waals surface area contributed by atoms with Gasteiger partial charge in [0.05, 0.1) is 17.8 Å². The van der Waals surface area contributed by atoms with Crippen molar-refractivity contribution in [1.29, 1.82) is 0 Å². The number of anilines is 1. The second-order valence-electron chi connectivity index (χ2n) is 8.25. The molecular formula is C23H27N7O. The molecule has 0 amide bonds.